The SMILES string of the molecule is CCSc1ccc(NC(=O)[C@H](C[C@H]2C[C@@H](F)[C@@H](F)C2)c2ccc(S(=O)(=O)C3CC3)cc2)nc1. The second-order valence-electron chi connectivity index (χ2n) is 8.77. The van der Waals surface area contributed by atoms with Gasteiger partial charge in [-0.3, -0.25) is 4.79 Å². The quantitative estimate of drug-likeness (QED) is 0.477. The number of halogens is 2. The summed E-state index contributed by atoms with van der Waals surface area (Å²) in [5.41, 5.74) is 0.623. The molecule has 4 atom stereocenters. The molecule has 4 rings (SSSR count). The lowest BCUT2D eigenvalue weighted by atomic mass is 9.87. The van der Waals surface area contributed by atoms with Crippen LogP contribution in [0.15, 0.2) is 52.4 Å². The highest BCUT2D eigenvalue weighted by molar-refractivity contribution is 7.99. The van der Waals surface area contributed by atoms with E-state index in [1.54, 1.807) is 36.2 Å². The van der Waals surface area contributed by atoms with Crippen LogP contribution in [0.25, 0.3) is 0 Å². The van der Waals surface area contributed by atoms with Crippen molar-refractivity contribution in [2.75, 3.05) is 11.1 Å². The zero-order valence-electron chi connectivity index (χ0n) is 18.4. The molecule has 178 valence electrons. The van der Waals surface area contributed by atoms with Gasteiger partial charge >= 0.3 is 0 Å². The molecule has 0 radical (unpaired) electrons. The molecule has 2 aliphatic rings. The molecule has 1 amide bonds. The van der Waals surface area contributed by atoms with Crippen molar-refractivity contribution in [2.24, 2.45) is 5.92 Å². The predicted octanol–water partition coefficient (Wildman–Crippen LogP) is 5.33. The van der Waals surface area contributed by atoms with Gasteiger partial charge in [-0.15, -0.1) is 11.8 Å². The van der Waals surface area contributed by atoms with Gasteiger partial charge in [0, 0.05) is 11.1 Å². The number of nitrogens with one attached hydrogen (secondary N) is 1. The predicted molar refractivity (Wildman–Crippen MR) is 126 cm³/mol. The summed E-state index contributed by atoms with van der Waals surface area (Å²) in [6.07, 6.45) is 0.480. The van der Waals surface area contributed by atoms with Crippen LogP contribution in [0.2, 0.25) is 0 Å². The van der Waals surface area contributed by atoms with Crippen LogP contribution in [0.5, 0.6) is 0 Å². The van der Waals surface area contributed by atoms with E-state index >= 15 is 0 Å². The zero-order valence-corrected chi connectivity index (χ0v) is 20.0. The van der Waals surface area contributed by atoms with Gasteiger partial charge in [0.25, 0.3) is 0 Å². The molecular formula is C24H28F2N2O3S2. The number of aromatic nitrogens is 1. The highest BCUT2D eigenvalue weighted by atomic mass is 32.2. The second kappa shape index (κ2) is 10.1. The molecule has 9 heteroatoms. The Morgan fingerprint density at radius 3 is 2.33 bits per heavy atom. The number of alkyl halides is 2. The smallest absolute Gasteiger partial charge is 0.233 e. The zero-order chi connectivity index (χ0) is 23.6. The van der Waals surface area contributed by atoms with Crippen LogP contribution in [0.1, 0.15) is 50.5 Å². The molecule has 0 aliphatic heterocycles. The summed E-state index contributed by atoms with van der Waals surface area (Å²) in [4.78, 5) is 18.7. The minimum atomic E-state index is -3.33. The molecular weight excluding hydrogens is 466 g/mol. The average Bonchev–Trinajstić information content (AvgIpc) is 3.60. The molecule has 1 heterocycles. The molecule has 1 aromatic heterocycles. The molecule has 2 aromatic rings. The van der Waals surface area contributed by atoms with Crippen LogP contribution in [-0.2, 0) is 14.6 Å². The van der Waals surface area contributed by atoms with Crippen LogP contribution < -0.4 is 5.32 Å². The first-order valence-electron chi connectivity index (χ1n) is 11.3. The Morgan fingerprint density at radius 1 is 1.12 bits per heavy atom. The average molecular weight is 495 g/mol. The van der Waals surface area contributed by atoms with Crippen molar-refractivity contribution in [2.45, 2.75) is 72.3 Å². The van der Waals surface area contributed by atoms with Crippen LogP contribution in [0.4, 0.5) is 14.6 Å². The Bertz CT molecular complexity index is 1060. The number of amides is 1. The van der Waals surface area contributed by atoms with E-state index < -0.39 is 28.1 Å². The molecule has 0 unspecified atom stereocenters. The summed E-state index contributed by atoms with van der Waals surface area (Å²) in [5, 5.41) is 2.50. The number of hydrogen-bond acceptors (Lipinski definition) is 5. The fourth-order valence-electron chi connectivity index (χ4n) is 4.33. The summed E-state index contributed by atoms with van der Waals surface area (Å²) in [6, 6.07) is 9.95. The van der Waals surface area contributed by atoms with E-state index in [1.165, 1.54) is 12.1 Å². The monoisotopic (exact) mass is 494 g/mol. The van der Waals surface area contributed by atoms with Gasteiger partial charge in [-0.25, -0.2) is 22.2 Å². The second-order valence-corrected chi connectivity index (χ2v) is 12.3. The summed E-state index contributed by atoms with van der Waals surface area (Å²) in [6.45, 7) is 2.04. The number of rotatable bonds is 9. The maximum absolute atomic E-state index is 13.8. The molecule has 33 heavy (non-hydrogen) atoms. The summed E-state index contributed by atoms with van der Waals surface area (Å²) >= 11 is 1.64. The molecule has 0 saturated heterocycles. The molecule has 1 aromatic carbocycles. The normalized spacial score (nSPS) is 23.9. The number of hydrogen-bond donors (Lipinski definition) is 1. The standard InChI is InChI=1S/C24H28F2N2O3S2/c1-2-32-17-5-10-23(27-14-17)28-24(29)20(11-15-12-21(25)22(26)13-15)16-3-6-18(7-4-16)33(30,31)19-8-9-19/h3-7,10,14-15,19-22H,2,8-9,11-13H2,1H3,(H,27,28,29)/t15-,20-,21+,22-/m1/s1. The van der Waals surface area contributed by atoms with Gasteiger partial charge in [0.05, 0.1) is 16.1 Å². The Morgan fingerprint density at radius 2 is 1.79 bits per heavy atom. The van der Waals surface area contributed by atoms with Crippen molar-refractivity contribution in [1.29, 1.82) is 0 Å². The third-order valence-corrected chi connectivity index (χ3v) is 9.41. The first kappa shape index (κ1) is 24.1. The Balaban J connectivity index is 1.54. The van der Waals surface area contributed by atoms with Gasteiger partial charge in [0.1, 0.15) is 18.2 Å². The van der Waals surface area contributed by atoms with Gasteiger partial charge < -0.3 is 5.32 Å². The van der Waals surface area contributed by atoms with Crippen molar-refractivity contribution in [3.05, 3.63) is 48.2 Å². The number of sulfone groups is 1. The van der Waals surface area contributed by atoms with Gasteiger partial charge in [0.2, 0.25) is 5.91 Å². The number of thioether (sulfide) groups is 1. The largest absolute Gasteiger partial charge is 0.310 e. The maximum atomic E-state index is 13.8. The van der Waals surface area contributed by atoms with Crippen molar-refractivity contribution in [1.82, 2.24) is 4.98 Å². The Hall–Kier alpha value is -2.00. The minimum Gasteiger partial charge on any atom is -0.310 e. The summed E-state index contributed by atoms with van der Waals surface area (Å²) < 4.78 is 52.6. The number of carbonyl (C=O) groups is 1. The molecule has 5 nitrogen and oxygen atoms in total. The van der Waals surface area contributed by atoms with Crippen molar-refractivity contribution < 1.29 is 22.0 Å². The summed E-state index contributed by atoms with van der Waals surface area (Å²) in [5.74, 6) is 0.0492. The topological polar surface area (TPSA) is 76.1 Å². The number of carbonyl (C=O) groups excluding carboxylic acids is 1. The minimum absolute atomic E-state index is 0.0836. The van der Waals surface area contributed by atoms with Gasteiger partial charge in [-0.2, -0.15) is 0 Å². The third kappa shape index (κ3) is 5.74. The molecule has 0 bridgehead atoms. The van der Waals surface area contributed by atoms with Gasteiger partial charge in [-0.05, 0) is 73.6 Å². The molecule has 2 saturated carbocycles. The van der Waals surface area contributed by atoms with Crippen molar-refractivity contribution >= 4 is 33.3 Å². The Labute approximate surface area is 197 Å². The van der Waals surface area contributed by atoms with E-state index in [1.807, 2.05) is 13.0 Å². The van der Waals surface area contributed by atoms with Gasteiger partial charge in [-0.1, -0.05) is 19.1 Å². The van der Waals surface area contributed by atoms with E-state index in [9.17, 15) is 22.0 Å². The van der Waals surface area contributed by atoms with Crippen LogP contribution in [0.3, 0.4) is 0 Å². The van der Waals surface area contributed by atoms with Gasteiger partial charge in [0.15, 0.2) is 9.84 Å². The third-order valence-electron chi connectivity index (χ3n) is 6.27. The number of anilines is 1. The van der Waals surface area contributed by atoms with Crippen LogP contribution in [0, 0.1) is 5.92 Å². The fraction of sp³-hybridized carbons (Fsp3) is 0.500. The number of nitrogens with zero attached hydrogens (tertiary/aromatic N) is 1. The van der Waals surface area contributed by atoms with Crippen LogP contribution >= 0.6 is 11.8 Å². The first-order valence-corrected chi connectivity index (χ1v) is 13.8. The highest BCUT2D eigenvalue weighted by Crippen LogP contribution is 2.39. The van der Waals surface area contributed by atoms with Crippen LogP contribution in [-0.4, -0.2) is 42.7 Å². The maximum Gasteiger partial charge on any atom is 0.233 e. The summed E-state index contributed by atoms with van der Waals surface area (Å²) in [7, 11) is -3.33. The molecule has 2 aliphatic carbocycles. The molecule has 1 N–H and O–H groups in total. The van der Waals surface area contributed by atoms with E-state index in [0.29, 0.717) is 24.2 Å². The number of pyridine rings is 1. The van der Waals surface area contributed by atoms with Crippen molar-refractivity contribution in [3.8, 4) is 0 Å². The lowest BCUT2D eigenvalue weighted by Gasteiger charge is -2.21. The molecule has 0 spiro atoms. The number of benzene rings is 1. The fourth-order valence-corrected chi connectivity index (χ4v) is 6.61. The van der Waals surface area contributed by atoms with Crippen molar-refractivity contribution in [3.63, 3.8) is 0 Å². The Kier molecular flexibility index (Phi) is 7.38. The highest BCUT2D eigenvalue weighted by Gasteiger charge is 2.38. The lowest BCUT2D eigenvalue weighted by Crippen LogP contribution is -2.24. The molecule has 2 fully saturated rings. The lowest BCUT2D eigenvalue weighted by molar-refractivity contribution is -0.118. The first-order chi connectivity index (χ1) is 15.8. The van der Waals surface area contributed by atoms with E-state index in [0.717, 1.165) is 10.6 Å². The van der Waals surface area contributed by atoms with E-state index in [4.69, 9.17) is 0 Å². The van der Waals surface area contributed by atoms with E-state index in [-0.39, 0.29) is 41.2 Å². The van der Waals surface area contributed by atoms with E-state index in [2.05, 4.69) is 10.3 Å².